The quantitative estimate of drug-likeness (QED) is 0.140. The van der Waals surface area contributed by atoms with Crippen molar-refractivity contribution < 1.29 is 38.5 Å². The smallest absolute Gasteiger partial charge is 0.313 e. The summed E-state index contributed by atoms with van der Waals surface area (Å²) in [4.78, 5) is 61.5. The van der Waals surface area contributed by atoms with E-state index in [1.807, 2.05) is 74.5 Å². The first kappa shape index (κ1) is 42.8. The van der Waals surface area contributed by atoms with Crippen molar-refractivity contribution >= 4 is 23.7 Å². The molecule has 3 aliphatic rings. The maximum Gasteiger partial charge on any atom is 0.313 e. The van der Waals surface area contributed by atoms with E-state index in [4.69, 9.17) is 14.2 Å². The van der Waals surface area contributed by atoms with E-state index < -0.39 is 71.8 Å². The van der Waals surface area contributed by atoms with E-state index in [-0.39, 0.29) is 36.8 Å². The topological polar surface area (TPSA) is 135 Å². The van der Waals surface area contributed by atoms with Crippen molar-refractivity contribution in [3.63, 3.8) is 0 Å². The molecule has 2 bridgehead atoms. The van der Waals surface area contributed by atoms with Crippen LogP contribution in [0.3, 0.4) is 0 Å². The summed E-state index contributed by atoms with van der Waals surface area (Å²) in [6, 6.07) is 16.0. The van der Waals surface area contributed by atoms with Gasteiger partial charge in [-0.25, -0.2) is 0 Å². The zero-order chi connectivity index (χ0) is 40.8. The van der Waals surface area contributed by atoms with Crippen LogP contribution in [0.25, 0.3) is 0 Å². The summed E-state index contributed by atoms with van der Waals surface area (Å²) in [5.74, 6) is -3.70. The fourth-order valence-corrected chi connectivity index (χ4v) is 9.60. The third-order valence-electron chi connectivity index (χ3n) is 11.4. The van der Waals surface area contributed by atoms with Crippen LogP contribution in [0.2, 0.25) is 0 Å². The maximum atomic E-state index is 15.3. The van der Waals surface area contributed by atoms with Crippen LogP contribution >= 0.6 is 0 Å². The van der Waals surface area contributed by atoms with Gasteiger partial charge in [0.2, 0.25) is 17.7 Å². The highest BCUT2D eigenvalue weighted by atomic mass is 16.6. The molecule has 2 aromatic rings. The van der Waals surface area contributed by atoms with Crippen molar-refractivity contribution in [2.75, 3.05) is 26.9 Å². The molecule has 3 aliphatic heterocycles. The minimum absolute atomic E-state index is 0.0507. The highest BCUT2D eigenvalue weighted by Crippen LogP contribution is 2.59. The number of methoxy groups -OCH3 is 1. The maximum absolute atomic E-state index is 15.3. The Morgan fingerprint density at radius 2 is 1.71 bits per heavy atom. The van der Waals surface area contributed by atoms with E-state index in [2.05, 4.69) is 39.2 Å². The van der Waals surface area contributed by atoms with Crippen LogP contribution in [0.4, 0.5) is 0 Å². The number of allylic oxidation sites excluding steroid dienone is 1. The number of nitrogens with zero attached hydrogens (tertiary/aromatic N) is 2. The number of rotatable bonds is 19. The number of amides is 3. The van der Waals surface area contributed by atoms with Crippen molar-refractivity contribution in [1.82, 2.24) is 15.1 Å². The number of ether oxygens (including phenoxy) is 3. The van der Waals surface area contributed by atoms with Crippen LogP contribution < -0.4 is 5.32 Å². The van der Waals surface area contributed by atoms with Crippen molar-refractivity contribution in [3.8, 4) is 0 Å². The second kappa shape index (κ2) is 17.9. The third-order valence-corrected chi connectivity index (χ3v) is 11.4. The average molecular weight is 772 g/mol. The monoisotopic (exact) mass is 771 g/mol. The van der Waals surface area contributed by atoms with E-state index in [0.717, 1.165) is 5.56 Å². The lowest BCUT2D eigenvalue weighted by molar-refractivity contribution is -0.164. The van der Waals surface area contributed by atoms with Crippen LogP contribution in [0.15, 0.2) is 86.0 Å². The zero-order valence-electron chi connectivity index (χ0n) is 33.9. The molecule has 3 heterocycles. The zero-order valence-corrected chi connectivity index (χ0v) is 33.9. The van der Waals surface area contributed by atoms with Gasteiger partial charge in [0.15, 0.2) is 0 Å². The molecule has 0 unspecified atom stereocenters. The van der Waals surface area contributed by atoms with Gasteiger partial charge in [-0.3, -0.25) is 19.2 Å². The average Bonchev–Trinajstić information content (AvgIpc) is 3.80. The summed E-state index contributed by atoms with van der Waals surface area (Å²) in [7, 11) is 1.51. The molecule has 0 aromatic heterocycles. The van der Waals surface area contributed by atoms with Gasteiger partial charge in [-0.15, -0.1) is 13.2 Å². The van der Waals surface area contributed by atoms with Gasteiger partial charge in [-0.1, -0.05) is 93.6 Å². The number of likely N-dealkylation sites (tertiary alicyclic amines) is 1. The highest BCUT2D eigenvalue weighted by molar-refractivity contribution is 5.98. The minimum Gasteiger partial charge on any atom is -0.455 e. The molecule has 3 fully saturated rings. The number of carbonyl (C=O) groups is 4. The second-order valence-electron chi connectivity index (χ2n) is 17.3. The van der Waals surface area contributed by atoms with Gasteiger partial charge in [-0.05, 0) is 62.5 Å². The van der Waals surface area contributed by atoms with Gasteiger partial charge in [0, 0.05) is 25.6 Å². The Kier molecular flexibility index (Phi) is 13.7. The molecule has 0 radical (unpaired) electrons. The summed E-state index contributed by atoms with van der Waals surface area (Å²) < 4.78 is 18.7. The van der Waals surface area contributed by atoms with E-state index in [9.17, 15) is 14.7 Å². The standard InChI is InChI=1S/C45H61N3O8/c1-9-11-22-35(50)46-33(28-54-8)38(31-20-16-13-17-21-31)55-42(53)36-34-23-24-45(56-34)37(36)40(51)48(32(27-49)26-30-18-14-12-15-19-30)39(45)41(52)47(25-10-2)44(6,7)29-43(3,4)5/h9-10,12-21,32-34,36-39,49H,1-2,11,22-29H2,3-8H3,(H,46,50)/t32-,33+,34+,36-,37-,38+,39+,45-/m1/s1. The Morgan fingerprint density at radius 1 is 1.05 bits per heavy atom. The summed E-state index contributed by atoms with van der Waals surface area (Å²) in [5.41, 5.74) is -0.582. The van der Waals surface area contributed by atoms with E-state index in [1.54, 1.807) is 17.1 Å². The minimum atomic E-state index is -1.34. The number of esters is 1. The fourth-order valence-electron chi connectivity index (χ4n) is 9.60. The lowest BCUT2D eigenvalue weighted by Crippen LogP contribution is -2.62. The Morgan fingerprint density at radius 3 is 2.30 bits per heavy atom. The molecule has 11 nitrogen and oxygen atoms in total. The van der Waals surface area contributed by atoms with Crippen molar-refractivity contribution in [1.29, 1.82) is 0 Å². The molecule has 8 atom stereocenters. The van der Waals surface area contributed by atoms with Gasteiger partial charge in [0.1, 0.15) is 17.7 Å². The predicted octanol–water partition coefficient (Wildman–Crippen LogP) is 5.58. The van der Waals surface area contributed by atoms with E-state index >= 15 is 9.59 Å². The number of hydrogen-bond acceptors (Lipinski definition) is 8. The first-order valence-electron chi connectivity index (χ1n) is 19.8. The van der Waals surface area contributed by atoms with Crippen molar-refractivity contribution in [3.05, 3.63) is 97.1 Å². The molecule has 0 saturated carbocycles. The number of fused-ring (bicyclic) bond motifs is 1. The number of carbonyl (C=O) groups excluding carboxylic acids is 4. The number of benzene rings is 2. The van der Waals surface area contributed by atoms with Crippen LogP contribution in [-0.4, -0.2) is 101 Å². The van der Waals surface area contributed by atoms with Crippen molar-refractivity contribution in [2.24, 2.45) is 17.3 Å². The predicted molar refractivity (Wildman–Crippen MR) is 214 cm³/mol. The molecule has 3 amide bonds. The first-order chi connectivity index (χ1) is 26.6. The number of aliphatic hydroxyl groups is 1. The Hall–Kier alpha value is -4.32. The molecule has 2 N–H and O–H groups in total. The SMILES string of the molecule is C=CCCC(=O)N[C@@H](COC)[C@@H](OC(=O)[C@@H]1[C@@H]2CC[C@]3(O2)[C@H](C(=O)N(CC=C)C(C)(C)CC(C)(C)C)N([C@@H](CO)Cc2ccccc2)C(=O)[C@@H]13)c1ccccc1. The highest BCUT2D eigenvalue weighted by Gasteiger charge is 2.76. The number of hydrogen-bond donors (Lipinski definition) is 2. The third kappa shape index (κ3) is 8.95. The Bertz CT molecular complexity index is 1710. The molecule has 56 heavy (non-hydrogen) atoms. The largest absolute Gasteiger partial charge is 0.455 e. The Balaban J connectivity index is 1.56. The van der Waals surface area contributed by atoms with Gasteiger partial charge >= 0.3 is 5.97 Å². The van der Waals surface area contributed by atoms with E-state index in [1.165, 1.54) is 12.0 Å². The normalized spacial score (nSPS) is 24.6. The lowest BCUT2D eigenvalue weighted by Gasteiger charge is -2.46. The Labute approximate surface area is 332 Å². The van der Waals surface area contributed by atoms with Crippen LogP contribution in [0.1, 0.15) is 84.0 Å². The fraction of sp³-hybridized carbons (Fsp3) is 0.556. The summed E-state index contributed by atoms with van der Waals surface area (Å²) in [6.07, 6.45) is 4.16. The van der Waals surface area contributed by atoms with Gasteiger partial charge in [-0.2, -0.15) is 0 Å². The van der Waals surface area contributed by atoms with Crippen LogP contribution in [0.5, 0.6) is 0 Å². The first-order valence-corrected chi connectivity index (χ1v) is 19.8. The number of nitrogens with one attached hydrogen (secondary N) is 1. The van der Waals surface area contributed by atoms with Crippen LogP contribution in [0, 0.1) is 17.3 Å². The molecule has 3 saturated heterocycles. The molecule has 304 valence electrons. The molecule has 5 rings (SSSR count). The lowest BCUT2D eigenvalue weighted by atomic mass is 9.70. The van der Waals surface area contributed by atoms with Gasteiger partial charge in [0.25, 0.3) is 0 Å². The van der Waals surface area contributed by atoms with Gasteiger partial charge in [0.05, 0.1) is 43.2 Å². The molecule has 1 spiro atoms. The second-order valence-corrected chi connectivity index (χ2v) is 17.3. The summed E-state index contributed by atoms with van der Waals surface area (Å²) in [5, 5.41) is 14.0. The molecule has 2 aromatic carbocycles. The molecular weight excluding hydrogens is 711 g/mol. The molecular formula is C45H61N3O8. The summed E-state index contributed by atoms with van der Waals surface area (Å²) in [6.45, 7) is 18.0. The van der Waals surface area contributed by atoms with Crippen molar-refractivity contribution in [2.45, 2.75) is 115 Å². The molecule has 0 aliphatic carbocycles. The van der Waals surface area contributed by atoms with Crippen LogP contribution in [-0.2, 0) is 39.8 Å². The van der Waals surface area contributed by atoms with Gasteiger partial charge < -0.3 is 34.4 Å². The molecule has 11 heteroatoms. The van der Waals surface area contributed by atoms with E-state index in [0.29, 0.717) is 37.7 Å². The summed E-state index contributed by atoms with van der Waals surface area (Å²) >= 11 is 0. The number of aliphatic hydroxyl groups excluding tert-OH is 1.